The molecular formula is C11H13N5OS. The minimum atomic E-state index is -0.0827. The van der Waals surface area contributed by atoms with Gasteiger partial charge in [0.1, 0.15) is 10.7 Å². The van der Waals surface area contributed by atoms with Gasteiger partial charge < -0.3 is 15.6 Å². The number of hydrogen-bond acceptors (Lipinski definition) is 5. The number of carbonyl (C=O) groups excluding carboxylic acids is 1. The SMILES string of the molecule is Nc1nnc(CNC(=O)c2cccn2C2CC2)s1. The van der Waals surface area contributed by atoms with E-state index in [1.165, 1.54) is 11.3 Å². The van der Waals surface area contributed by atoms with Crippen molar-refractivity contribution >= 4 is 22.4 Å². The second kappa shape index (κ2) is 4.41. The van der Waals surface area contributed by atoms with Crippen LogP contribution >= 0.6 is 11.3 Å². The summed E-state index contributed by atoms with van der Waals surface area (Å²) in [6, 6.07) is 4.23. The summed E-state index contributed by atoms with van der Waals surface area (Å²) in [7, 11) is 0. The van der Waals surface area contributed by atoms with Crippen molar-refractivity contribution in [3.8, 4) is 0 Å². The number of amides is 1. The molecule has 0 spiro atoms. The molecule has 3 rings (SSSR count). The maximum atomic E-state index is 12.0. The Morgan fingerprint density at radius 1 is 1.56 bits per heavy atom. The monoisotopic (exact) mass is 263 g/mol. The Morgan fingerprint density at radius 2 is 2.39 bits per heavy atom. The first kappa shape index (κ1) is 11.2. The third kappa shape index (κ3) is 2.21. The van der Waals surface area contributed by atoms with E-state index in [-0.39, 0.29) is 5.91 Å². The van der Waals surface area contributed by atoms with Crippen LogP contribution in [0.15, 0.2) is 18.3 Å². The highest BCUT2D eigenvalue weighted by Gasteiger charge is 2.26. The van der Waals surface area contributed by atoms with Crippen LogP contribution in [0.4, 0.5) is 5.13 Å². The van der Waals surface area contributed by atoms with E-state index >= 15 is 0 Å². The van der Waals surface area contributed by atoms with Gasteiger partial charge in [-0.3, -0.25) is 4.79 Å². The van der Waals surface area contributed by atoms with Crippen molar-refractivity contribution in [2.75, 3.05) is 5.73 Å². The zero-order chi connectivity index (χ0) is 12.5. The van der Waals surface area contributed by atoms with Crippen molar-refractivity contribution in [1.29, 1.82) is 0 Å². The molecule has 1 aliphatic carbocycles. The zero-order valence-corrected chi connectivity index (χ0v) is 10.5. The summed E-state index contributed by atoms with van der Waals surface area (Å²) in [6.45, 7) is 0.365. The second-order valence-corrected chi connectivity index (χ2v) is 5.34. The summed E-state index contributed by atoms with van der Waals surface area (Å²) < 4.78 is 2.03. The van der Waals surface area contributed by atoms with Gasteiger partial charge in [-0.25, -0.2) is 0 Å². The van der Waals surface area contributed by atoms with E-state index in [0.717, 1.165) is 12.8 Å². The average molecular weight is 263 g/mol. The number of nitrogens with one attached hydrogen (secondary N) is 1. The third-order valence-electron chi connectivity index (χ3n) is 2.83. The molecule has 0 aromatic carbocycles. The molecule has 0 aliphatic heterocycles. The summed E-state index contributed by atoms with van der Waals surface area (Å²) in [6.07, 6.45) is 4.26. The van der Waals surface area contributed by atoms with Crippen LogP contribution in [0.3, 0.4) is 0 Å². The summed E-state index contributed by atoms with van der Waals surface area (Å²) in [5.74, 6) is -0.0827. The molecule has 1 aliphatic rings. The molecule has 6 nitrogen and oxygen atoms in total. The van der Waals surface area contributed by atoms with Gasteiger partial charge in [0.25, 0.3) is 5.91 Å². The van der Waals surface area contributed by atoms with Crippen molar-refractivity contribution in [2.24, 2.45) is 0 Å². The summed E-state index contributed by atoms with van der Waals surface area (Å²) in [5, 5.41) is 11.5. The van der Waals surface area contributed by atoms with Gasteiger partial charge in [0, 0.05) is 12.2 Å². The number of anilines is 1. The minimum Gasteiger partial charge on any atom is -0.374 e. The fourth-order valence-electron chi connectivity index (χ4n) is 1.84. The molecule has 0 bridgehead atoms. The number of nitrogens with zero attached hydrogens (tertiary/aromatic N) is 3. The van der Waals surface area contributed by atoms with Gasteiger partial charge in [-0.05, 0) is 25.0 Å². The normalized spacial score (nSPS) is 14.7. The highest BCUT2D eigenvalue weighted by atomic mass is 32.1. The topological polar surface area (TPSA) is 85.8 Å². The van der Waals surface area contributed by atoms with Crippen LogP contribution in [-0.4, -0.2) is 20.7 Å². The molecule has 0 saturated heterocycles. The third-order valence-corrected chi connectivity index (χ3v) is 3.59. The van der Waals surface area contributed by atoms with Gasteiger partial charge in [-0.2, -0.15) is 0 Å². The van der Waals surface area contributed by atoms with E-state index in [1.54, 1.807) is 0 Å². The van der Waals surface area contributed by atoms with Crippen LogP contribution in [0.1, 0.15) is 34.4 Å². The number of aromatic nitrogens is 3. The van der Waals surface area contributed by atoms with Crippen LogP contribution in [0.25, 0.3) is 0 Å². The molecular weight excluding hydrogens is 250 g/mol. The first-order valence-corrected chi connectivity index (χ1v) is 6.58. The maximum Gasteiger partial charge on any atom is 0.268 e. The predicted molar refractivity (Wildman–Crippen MR) is 68.2 cm³/mol. The average Bonchev–Trinajstić information content (AvgIpc) is 2.94. The molecule has 3 N–H and O–H groups in total. The molecule has 1 saturated carbocycles. The van der Waals surface area contributed by atoms with Gasteiger partial charge in [-0.15, -0.1) is 10.2 Å². The van der Waals surface area contributed by atoms with Gasteiger partial charge in [0.15, 0.2) is 0 Å². The molecule has 2 heterocycles. The van der Waals surface area contributed by atoms with Crippen LogP contribution in [-0.2, 0) is 6.54 Å². The molecule has 0 atom stereocenters. The molecule has 0 unspecified atom stereocenters. The lowest BCUT2D eigenvalue weighted by Gasteiger charge is -2.07. The number of carbonyl (C=O) groups is 1. The zero-order valence-electron chi connectivity index (χ0n) is 9.67. The molecule has 94 valence electrons. The number of rotatable bonds is 4. The standard InChI is InChI=1S/C11H13N5OS/c12-11-15-14-9(18-11)6-13-10(17)8-2-1-5-16(8)7-3-4-7/h1-2,5,7H,3-4,6H2,(H2,12,15)(H,13,17). The highest BCUT2D eigenvalue weighted by molar-refractivity contribution is 7.15. The van der Waals surface area contributed by atoms with Crippen LogP contribution in [0.5, 0.6) is 0 Å². The van der Waals surface area contributed by atoms with Crippen molar-refractivity contribution in [3.63, 3.8) is 0 Å². The van der Waals surface area contributed by atoms with Gasteiger partial charge in [0.2, 0.25) is 5.13 Å². The largest absolute Gasteiger partial charge is 0.374 e. The van der Waals surface area contributed by atoms with Gasteiger partial charge in [0.05, 0.1) is 6.54 Å². The summed E-state index contributed by atoms with van der Waals surface area (Å²) in [4.78, 5) is 12.0. The van der Waals surface area contributed by atoms with E-state index in [9.17, 15) is 4.79 Å². The van der Waals surface area contributed by atoms with Crippen LogP contribution < -0.4 is 11.1 Å². The first-order chi connectivity index (χ1) is 8.74. The second-order valence-electron chi connectivity index (χ2n) is 4.25. The Labute approximate surface area is 108 Å². The van der Waals surface area contributed by atoms with Gasteiger partial charge >= 0.3 is 0 Å². The lowest BCUT2D eigenvalue weighted by Crippen LogP contribution is -2.25. The lowest BCUT2D eigenvalue weighted by atomic mass is 10.4. The quantitative estimate of drug-likeness (QED) is 0.867. The molecule has 0 radical (unpaired) electrons. The smallest absolute Gasteiger partial charge is 0.268 e. The molecule has 18 heavy (non-hydrogen) atoms. The van der Waals surface area contributed by atoms with Crippen molar-refractivity contribution in [2.45, 2.75) is 25.4 Å². The molecule has 1 amide bonds. The highest BCUT2D eigenvalue weighted by Crippen LogP contribution is 2.35. The fraction of sp³-hybridized carbons (Fsp3) is 0.364. The van der Waals surface area contributed by atoms with E-state index in [0.29, 0.717) is 28.4 Å². The van der Waals surface area contributed by atoms with Crippen molar-refractivity contribution in [3.05, 3.63) is 29.0 Å². The fourth-order valence-corrected chi connectivity index (χ4v) is 2.39. The van der Waals surface area contributed by atoms with Crippen molar-refractivity contribution < 1.29 is 4.79 Å². The summed E-state index contributed by atoms with van der Waals surface area (Å²) >= 11 is 1.28. The van der Waals surface area contributed by atoms with E-state index in [1.807, 2.05) is 22.9 Å². The summed E-state index contributed by atoms with van der Waals surface area (Å²) in [5.41, 5.74) is 6.18. The van der Waals surface area contributed by atoms with Gasteiger partial charge in [-0.1, -0.05) is 11.3 Å². The Bertz CT molecular complexity index is 572. The Hall–Kier alpha value is -1.89. The van der Waals surface area contributed by atoms with Crippen LogP contribution in [0.2, 0.25) is 0 Å². The number of hydrogen-bond donors (Lipinski definition) is 2. The molecule has 2 aromatic rings. The van der Waals surface area contributed by atoms with Crippen molar-refractivity contribution in [1.82, 2.24) is 20.1 Å². The Morgan fingerprint density at radius 3 is 3.06 bits per heavy atom. The molecule has 7 heteroatoms. The predicted octanol–water partition coefficient (Wildman–Crippen LogP) is 1.19. The molecule has 1 fully saturated rings. The lowest BCUT2D eigenvalue weighted by molar-refractivity contribution is 0.0941. The maximum absolute atomic E-state index is 12.0. The number of nitrogens with two attached hydrogens (primary N) is 1. The van der Waals surface area contributed by atoms with Crippen LogP contribution in [0, 0.1) is 0 Å². The van der Waals surface area contributed by atoms with E-state index < -0.39 is 0 Å². The first-order valence-electron chi connectivity index (χ1n) is 5.77. The Kier molecular flexibility index (Phi) is 2.75. The minimum absolute atomic E-state index is 0.0827. The Balaban J connectivity index is 1.65. The number of nitrogen functional groups attached to an aromatic ring is 1. The van der Waals surface area contributed by atoms with E-state index in [4.69, 9.17) is 5.73 Å². The van der Waals surface area contributed by atoms with E-state index in [2.05, 4.69) is 15.5 Å². The molecule has 2 aromatic heterocycles.